The average Bonchev–Trinajstić information content (AvgIpc) is 2.22. The van der Waals surface area contributed by atoms with E-state index >= 15 is 0 Å². The Balaban J connectivity index is 2.49. The lowest BCUT2D eigenvalue weighted by Gasteiger charge is -2.16. The Morgan fingerprint density at radius 3 is 2.56 bits per heavy atom. The third-order valence-corrected chi connectivity index (χ3v) is 4.38. The monoisotopic (exact) mass is 267 g/mol. The summed E-state index contributed by atoms with van der Waals surface area (Å²) in [6.07, 6.45) is 0.963. The Bertz CT molecular complexity index is 423. The van der Waals surface area contributed by atoms with Crippen LogP contribution in [0.1, 0.15) is 16.8 Å². The number of carbonyl (C=O) groups is 1. The Kier molecular flexibility index (Phi) is 4.78. The van der Waals surface area contributed by atoms with Crippen molar-refractivity contribution in [3.05, 3.63) is 23.8 Å². The summed E-state index contributed by atoms with van der Waals surface area (Å²) < 4.78 is 5.45. The van der Waals surface area contributed by atoms with Crippen molar-refractivity contribution in [2.45, 2.75) is 32.1 Å². The van der Waals surface area contributed by atoms with Crippen LogP contribution in [0.2, 0.25) is 25.7 Å². The third-order valence-electron chi connectivity index (χ3n) is 2.52. The van der Waals surface area contributed by atoms with Crippen molar-refractivity contribution in [3.63, 3.8) is 0 Å². The number of benzene rings is 1. The Hall–Kier alpha value is -1.49. The van der Waals surface area contributed by atoms with Crippen LogP contribution < -0.4 is 9.84 Å². The topological polar surface area (TPSA) is 69.6 Å². The summed E-state index contributed by atoms with van der Waals surface area (Å²) in [6, 6.07) is 5.22. The molecule has 0 aliphatic rings. The Labute approximate surface area is 108 Å². The van der Waals surface area contributed by atoms with Crippen LogP contribution in [0, 0.1) is 0 Å². The molecule has 0 bridgehead atoms. The zero-order valence-corrected chi connectivity index (χ0v) is 12.0. The van der Waals surface area contributed by atoms with Gasteiger partial charge in [-0.1, -0.05) is 31.4 Å². The lowest BCUT2D eigenvalue weighted by Crippen LogP contribution is -2.20. The van der Waals surface area contributed by atoms with Crippen molar-refractivity contribution in [2.24, 2.45) is 0 Å². The molecule has 0 saturated heterocycles. The smallest absolute Gasteiger partial charge is 0.335 e. The van der Waals surface area contributed by atoms with Gasteiger partial charge in [0.1, 0.15) is 5.75 Å². The highest BCUT2D eigenvalue weighted by Crippen LogP contribution is 2.21. The van der Waals surface area contributed by atoms with Crippen molar-refractivity contribution in [3.8, 4) is 11.5 Å². The number of ether oxygens (including phenoxy) is 1. The van der Waals surface area contributed by atoms with E-state index < -0.39 is 19.8 Å². The first-order chi connectivity index (χ1) is 8.29. The fraction of sp³-hybridized carbons (Fsp3) is 0.462. The first-order valence-electron chi connectivity index (χ1n) is 5.97. The van der Waals surface area contributed by atoms with Crippen LogP contribution in [-0.2, 0) is 0 Å². The minimum atomic E-state index is -1.20. The fourth-order valence-corrected chi connectivity index (χ4v) is 2.77. The first kappa shape index (κ1) is 14.6. The van der Waals surface area contributed by atoms with Gasteiger partial charge in [-0.05, 0) is 24.6 Å². The fourth-order valence-electron chi connectivity index (χ4n) is 1.56. The molecule has 1 N–H and O–H groups in total. The molecule has 18 heavy (non-hydrogen) atoms. The maximum atomic E-state index is 11.4. The van der Waals surface area contributed by atoms with Gasteiger partial charge < -0.3 is 14.9 Å². The molecule has 1 aromatic carbocycles. The molecule has 0 saturated carbocycles. The number of hydrogen-bond donors (Lipinski definition) is 1. The van der Waals surface area contributed by atoms with E-state index in [1.807, 2.05) is 0 Å². The zero-order chi connectivity index (χ0) is 13.8. The molecular weight excluding hydrogens is 248 g/mol. The summed E-state index contributed by atoms with van der Waals surface area (Å²) in [5.74, 6) is -1.27. The van der Waals surface area contributed by atoms with Crippen molar-refractivity contribution in [1.82, 2.24) is 0 Å². The van der Waals surface area contributed by atoms with Gasteiger partial charge >= 0.3 is 5.97 Å². The van der Waals surface area contributed by atoms with E-state index in [2.05, 4.69) is 19.6 Å². The summed E-state index contributed by atoms with van der Waals surface area (Å²) in [4.78, 5) is 10.7. The van der Waals surface area contributed by atoms with E-state index in [-0.39, 0.29) is 5.56 Å². The molecule has 1 aromatic rings. The number of hydrogen-bond acceptors (Lipinski definition) is 3. The van der Waals surface area contributed by atoms with E-state index in [0.717, 1.165) is 6.42 Å². The van der Waals surface area contributed by atoms with Crippen molar-refractivity contribution >= 4 is 14.0 Å². The maximum Gasteiger partial charge on any atom is 0.335 e. The molecule has 0 aromatic heterocycles. The second-order valence-corrected chi connectivity index (χ2v) is 11.1. The molecule has 0 aliphatic carbocycles. The average molecular weight is 267 g/mol. The number of carboxylic acid groups (broad SMARTS) is 1. The standard InChI is InChI=1S/C13H20O4Si/c1-18(2,3)8-4-7-17-10-5-6-11(13(15)16)12(14)9-10/h5-6,9,14H,4,7-8H2,1-3H3,(H,15,16)/p-1. The maximum absolute atomic E-state index is 11.4. The molecule has 1 rings (SSSR count). The molecule has 100 valence electrons. The highest BCUT2D eigenvalue weighted by molar-refractivity contribution is 6.76. The van der Waals surface area contributed by atoms with E-state index in [4.69, 9.17) is 9.84 Å². The predicted molar refractivity (Wildman–Crippen MR) is 71.1 cm³/mol. The van der Waals surface area contributed by atoms with Crippen LogP contribution in [0.15, 0.2) is 18.2 Å². The minimum absolute atomic E-state index is 0.218. The Morgan fingerprint density at radius 1 is 1.39 bits per heavy atom. The van der Waals surface area contributed by atoms with E-state index in [0.29, 0.717) is 12.4 Å². The van der Waals surface area contributed by atoms with Crippen LogP contribution in [0.5, 0.6) is 11.5 Å². The second kappa shape index (κ2) is 5.91. The normalized spacial score (nSPS) is 11.3. The molecule has 0 radical (unpaired) electrons. The van der Waals surface area contributed by atoms with Crippen LogP contribution in [0.25, 0.3) is 0 Å². The van der Waals surface area contributed by atoms with E-state index in [1.165, 1.54) is 24.2 Å². The molecule has 0 heterocycles. The summed E-state index contributed by atoms with van der Waals surface area (Å²) in [5.41, 5.74) is -0.218. The quantitative estimate of drug-likeness (QED) is 0.635. The molecule has 0 unspecified atom stereocenters. The van der Waals surface area contributed by atoms with Crippen molar-refractivity contribution < 1.29 is 19.7 Å². The number of rotatable bonds is 6. The van der Waals surface area contributed by atoms with Crippen molar-refractivity contribution in [2.75, 3.05) is 6.61 Å². The molecular formula is C13H19O4Si-. The third kappa shape index (κ3) is 4.79. The van der Waals surface area contributed by atoms with Gasteiger partial charge in [-0.2, -0.15) is 0 Å². The van der Waals surface area contributed by atoms with Crippen LogP contribution in [-0.4, -0.2) is 25.8 Å². The summed E-state index contributed by atoms with van der Waals surface area (Å²) in [6.45, 7) is 7.45. The molecule has 0 atom stereocenters. The zero-order valence-electron chi connectivity index (χ0n) is 11.0. The summed E-state index contributed by atoms with van der Waals surface area (Å²) in [5, 5.41) is 20.1. The highest BCUT2D eigenvalue weighted by atomic mass is 28.3. The molecule has 4 nitrogen and oxygen atoms in total. The van der Waals surface area contributed by atoms with Gasteiger partial charge in [-0.15, -0.1) is 0 Å². The van der Waals surface area contributed by atoms with E-state index in [9.17, 15) is 9.90 Å². The number of aromatic carboxylic acids is 1. The molecule has 0 aliphatic heterocycles. The highest BCUT2D eigenvalue weighted by Gasteiger charge is 2.12. The van der Waals surface area contributed by atoms with Crippen LogP contribution in [0.4, 0.5) is 0 Å². The van der Waals surface area contributed by atoms with Crippen LogP contribution in [0.3, 0.4) is 0 Å². The number of carboxylic acids is 1. The molecule has 5 heteroatoms. The van der Waals surface area contributed by atoms with E-state index in [1.54, 1.807) is 0 Å². The van der Waals surface area contributed by atoms with Gasteiger partial charge in [0.15, 0.2) is 0 Å². The molecule has 0 spiro atoms. The van der Waals surface area contributed by atoms with Gasteiger partial charge in [-0.3, -0.25) is 0 Å². The second-order valence-electron chi connectivity index (χ2n) is 5.48. The first-order valence-corrected chi connectivity index (χ1v) is 9.67. The van der Waals surface area contributed by atoms with Gasteiger partial charge in [0.2, 0.25) is 0 Å². The lowest BCUT2D eigenvalue weighted by atomic mass is 10.2. The lowest BCUT2D eigenvalue weighted by molar-refractivity contribution is -0.268. The minimum Gasteiger partial charge on any atom is -0.872 e. The van der Waals surface area contributed by atoms with Gasteiger partial charge in [0.25, 0.3) is 0 Å². The molecule has 0 amide bonds. The van der Waals surface area contributed by atoms with Crippen LogP contribution >= 0.6 is 0 Å². The van der Waals surface area contributed by atoms with Gasteiger partial charge in [0.05, 0.1) is 12.2 Å². The van der Waals surface area contributed by atoms with Crippen molar-refractivity contribution in [1.29, 1.82) is 0 Å². The van der Waals surface area contributed by atoms with Gasteiger partial charge in [0, 0.05) is 8.07 Å². The SMILES string of the molecule is C[Si](C)(C)CCCOc1ccc(C(=O)O)c([O-])c1. The largest absolute Gasteiger partial charge is 0.872 e. The van der Waals surface area contributed by atoms with Gasteiger partial charge in [-0.25, -0.2) is 4.79 Å². The molecule has 0 fully saturated rings. The predicted octanol–water partition coefficient (Wildman–Crippen LogP) is 2.57. The Morgan fingerprint density at radius 2 is 2.06 bits per heavy atom. The summed E-state index contributed by atoms with van der Waals surface area (Å²) in [7, 11) is -1.05. The summed E-state index contributed by atoms with van der Waals surface area (Å²) >= 11 is 0.